The molecule has 0 bridgehead atoms. The summed E-state index contributed by atoms with van der Waals surface area (Å²) >= 11 is 0. The quantitative estimate of drug-likeness (QED) is 0.918. The summed E-state index contributed by atoms with van der Waals surface area (Å²) in [5, 5.41) is 4.61. The number of morpholine rings is 1. The Balaban J connectivity index is 1.83. The molecular formula is C15H20N4O2. The van der Waals surface area contributed by atoms with Gasteiger partial charge >= 0.3 is 0 Å². The van der Waals surface area contributed by atoms with Gasteiger partial charge in [-0.1, -0.05) is 12.1 Å². The van der Waals surface area contributed by atoms with Crippen molar-refractivity contribution in [2.24, 2.45) is 0 Å². The molecule has 0 amide bonds. The number of ether oxygens (including phenoxy) is 2. The fourth-order valence-corrected chi connectivity index (χ4v) is 2.51. The van der Waals surface area contributed by atoms with E-state index >= 15 is 0 Å². The molecule has 6 heteroatoms. The van der Waals surface area contributed by atoms with Crippen molar-refractivity contribution in [2.75, 3.05) is 39.1 Å². The Labute approximate surface area is 124 Å². The van der Waals surface area contributed by atoms with Gasteiger partial charge in [0.05, 0.1) is 26.0 Å². The van der Waals surface area contributed by atoms with E-state index < -0.39 is 0 Å². The lowest BCUT2D eigenvalue weighted by molar-refractivity contribution is 0.0336. The van der Waals surface area contributed by atoms with Crippen LogP contribution in [0.3, 0.4) is 0 Å². The number of methoxy groups -OCH3 is 1. The van der Waals surface area contributed by atoms with Crippen molar-refractivity contribution < 1.29 is 9.47 Å². The molecule has 3 rings (SSSR count). The molecule has 2 N–H and O–H groups in total. The number of para-hydroxylation sites is 2. The molecule has 2 aromatic rings. The second-order valence-electron chi connectivity index (χ2n) is 5.03. The average molecular weight is 288 g/mol. The van der Waals surface area contributed by atoms with E-state index in [0.29, 0.717) is 5.82 Å². The number of aromatic nitrogens is 2. The lowest BCUT2D eigenvalue weighted by Gasteiger charge is -2.25. The van der Waals surface area contributed by atoms with E-state index in [2.05, 4.69) is 10.00 Å². The molecule has 1 aromatic heterocycles. The number of benzene rings is 1. The zero-order chi connectivity index (χ0) is 14.7. The standard InChI is InChI=1S/C15H20N4O2/c1-20-14-5-3-2-4-13(14)19-15(16)10-12(17-19)11-18-6-8-21-9-7-18/h2-5,10H,6-9,11,16H2,1H3. The van der Waals surface area contributed by atoms with Gasteiger partial charge in [-0.3, -0.25) is 4.90 Å². The molecule has 0 aliphatic carbocycles. The fraction of sp³-hybridized carbons (Fsp3) is 0.400. The normalized spacial score (nSPS) is 16.0. The predicted molar refractivity (Wildman–Crippen MR) is 80.6 cm³/mol. The second-order valence-corrected chi connectivity index (χ2v) is 5.03. The van der Waals surface area contributed by atoms with Gasteiger partial charge in [-0.2, -0.15) is 5.10 Å². The first-order valence-electron chi connectivity index (χ1n) is 7.06. The highest BCUT2D eigenvalue weighted by Crippen LogP contribution is 2.24. The van der Waals surface area contributed by atoms with Gasteiger partial charge in [0.1, 0.15) is 17.3 Å². The molecule has 0 spiro atoms. The van der Waals surface area contributed by atoms with Crippen LogP contribution in [0.2, 0.25) is 0 Å². The molecule has 6 nitrogen and oxygen atoms in total. The van der Waals surface area contributed by atoms with E-state index in [-0.39, 0.29) is 0 Å². The van der Waals surface area contributed by atoms with Crippen LogP contribution < -0.4 is 10.5 Å². The van der Waals surface area contributed by atoms with E-state index in [4.69, 9.17) is 15.2 Å². The van der Waals surface area contributed by atoms with Crippen LogP contribution in [0.15, 0.2) is 30.3 Å². The Morgan fingerprint density at radius 3 is 2.81 bits per heavy atom. The molecule has 0 atom stereocenters. The molecule has 0 radical (unpaired) electrons. The highest BCUT2D eigenvalue weighted by Gasteiger charge is 2.15. The maximum Gasteiger partial charge on any atom is 0.144 e. The highest BCUT2D eigenvalue weighted by atomic mass is 16.5. The molecule has 112 valence electrons. The fourth-order valence-electron chi connectivity index (χ4n) is 2.51. The van der Waals surface area contributed by atoms with Gasteiger partial charge in [0.15, 0.2) is 0 Å². The lowest BCUT2D eigenvalue weighted by Crippen LogP contribution is -2.35. The summed E-state index contributed by atoms with van der Waals surface area (Å²) in [6.07, 6.45) is 0. The van der Waals surface area contributed by atoms with Crippen LogP contribution in [0.25, 0.3) is 5.69 Å². The molecule has 1 aromatic carbocycles. The van der Waals surface area contributed by atoms with Gasteiger partial charge in [-0.15, -0.1) is 0 Å². The Bertz CT molecular complexity index is 605. The Morgan fingerprint density at radius 1 is 1.29 bits per heavy atom. The van der Waals surface area contributed by atoms with Crippen LogP contribution in [0.4, 0.5) is 5.82 Å². The maximum absolute atomic E-state index is 6.10. The smallest absolute Gasteiger partial charge is 0.144 e. The summed E-state index contributed by atoms with van der Waals surface area (Å²) in [6, 6.07) is 9.64. The minimum atomic E-state index is 0.614. The van der Waals surface area contributed by atoms with Crippen molar-refractivity contribution >= 4 is 5.82 Å². The third-order valence-electron chi connectivity index (χ3n) is 3.59. The maximum atomic E-state index is 6.10. The number of anilines is 1. The third kappa shape index (κ3) is 3.01. The third-order valence-corrected chi connectivity index (χ3v) is 3.59. The highest BCUT2D eigenvalue weighted by molar-refractivity contribution is 5.51. The summed E-state index contributed by atoms with van der Waals surface area (Å²) in [6.45, 7) is 4.21. The van der Waals surface area contributed by atoms with Crippen molar-refractivity contribution in [1.82, 2.24) is 14.7 Å². The SMILES string of the molecule is COc1ccccc1-n1nc(CN2CCOCC2)cc1N. The Morgan fingerprint density at radius 2 is 2.05 bits per heavy atom. The largest absolute Gasteiger partial charge is 0.494 e. The first-order valence-corrected chi connectivity index (χ1v) is 7.06. The van der Waals surface area contributed by atoms with Crippen LogP contribution in [0.5, 0.6) is 5.75 Å². The molecule has 21 heavy (non-hydrogen) atoms. The molecule has 0 saturated carbocycles. The van der Waals surface area contributed by atoms with E-state index in [1.54, 1.807) is 11.8 Å². The zero-order valence-electron chi connectivity index (χ0n) is 12.2. The minimum absolute atomic E-state index is 0.614. The zero-order valence-corrected chi connectivity index (χ0v) is 12.2. The van der Waals surface area contributed by atoms with E-state index in [9.17, 15) is 0 Å². The number of nitrogens with two attached hydrogens (primary N) is 1. The second kappa shape index (κ2) is 6.15. The van der Waals surface area contributed by atoms with Gasteiger partial charge in [0, 0.05) is 25.7 Å². The van der Waals surface area contributed by atoms with Gasteiger partial charge in [0.25, 0.3) is 0 Å². The van der Waals surface area contributed by atoms with E-state index in [1.165, 1.54) is 0 Å². The summed E-state index contributed by atoms with van der Waals surface area (Å²) in [5.74, 6) is 1.37. The molecule has 1 aliphatic rings. The van der Waals surface area contributed by atoms with Crippen molar-refractivity contribution in [2.45, 2.75) is 6.54 Å². The van der Waals surface area contributed by atoms with Crippen LogP contribution in [-0.2, 0) is 11.3 Å². The van der Waals surface area contributed by atoms with Crippen molar-refractivity contribution in [3.05, 3.63) is 36.0 Å². The first-order chi connectivity index (χ1) is 10.3. The molecule has 2 heterocycles. The monoisotopic (exact) mass is 288 g/mol. The molecule has 1 saturated heterocycles. The first kappa shape index (κ1) is 13.9. The van der Waals surface area contributed by atoms with Crippen molar-refractivity contribution in [1.29, 1.82) is 0 Å². The molecular weight excluding hydrogens is 268 g/mol. The van der Waals surface area contributed by atoms with Crippen LogP contribution >= 0.6 is 0 Å². The van der Waals surface area contributed by atoms with Crippen LogP contribution in [0.1, 0.15) is 5.69 Å². The van der Waals surface area contributed by atoms with Gasteiger partial charge in [-0.25, -0.2) is 4.68 Å². The van der Waals surface area contributed by atoms with E-state index in [0.717, 1.165) is 50.0 Å². The number of rotatable bonds is 4. The number of hydrogen-bond acceptors (Lipinski definition) is 5. The molecule has 1 fully saturated rings. The minimum Gasteiger partial charge on any atom is -0.494 e. The van der Waals surface area contributed by atoms with Crippen molar-refractivity contribution in [3.63, 3.8) is 0 Å². The number of hydrogen-bond donors (Lipinski definition) is 1. The molecule has 0 unspecified atom stereocenters. The van der Waals surface area contributed by atoms with Gasteiger partial charge in [-0.05, 0) is 12.1 Å². The number of nitrogens with zero attached hydrogens (tertiary/aromatic N) is 3. The van der Waals surface area contributed by atoms with E-state index in [1.807, 2.05) is 30.3 Å². The number of nitrogen functional groups attached to an aromatic ring is 1. The van der Waals surface area contributed by atoms with Crippen LogP contribution in [0, 0.1) is 0 Å². The van der Waals surface area contributed by atoms with Gasteiger partial charge in [0.2, 0.25) is 0 Å². The predicted octanol–water partition coefficient (Wildman–Crippen LogP) is 1.30. The summed E-state index contributed by atoms with van der Waals surface area (Å²) in [5.41, 5.74) is 7.91. The van der Waals surface area contributed by atoms with Crippen LogP contribution in [-0.4, -0.2) is 48.1 Å². The topological polar surface area (TPSA) is 65.5 Å². The van der Waals surface area contributed by atoms with Crippen molar-refractivity contribution in [3.8, 4) is 11.4 Å². The molecule has 1 aliphatic heterocycles. The lowest BCUT2D eigenvalue weighted by atomic mass is 10.3. The Kier molecular flexibility index (Phi) is 4.08. The average Bonchev–Trinajstić information content (AvgIpc) is 2.88. The summed E-state index contributed by atoms with van der Waals surface area (Å²) in [7, 11) is 1.65. The Hall–Kier alpha value is -2.05. The summed E-state index contributed by atoms with van der Waals surface area (Å²) < 4.78 is 12.5. The summed E-state index contributed by atoms with van der Waals surface area (Å²) in [4.78, 5) is 2.32. The van der Waals surface area contributed by atoms with Gasteiger partial charge < -0.3 is 15.2 Å².